The van der Waals surface area contributed by atoms with Crippen LogP contribution in [0.25, 0.3) is 4.85 Å². The fourth-order valence-electron chi connectivity index (χ4n) is 3.00. The van der Waals surface area contributed by atoms with Crippen LogP contribution in [0.15, 0.2) is 11.8 Å². The van der Waals surface area contributed by atoms with Crippen LogP contribution >= 0.6 is 0 Å². The van der Waals surface area contributed by atoms with Crippen molar-refractivity contribution in [3.63, 3.8) is 0 Å². The van der Waals surface area contributed by atoms with Crippen LogP contribution in [-0.2, 0) is 4.74 Å². The number of carbonyl (C=O) groups is 1. The maximum absolute atomic E-state index is 12.1. The number of carbonyl (C=O) groups excluding carboxylic acids is 1. The van der Waals surface area contributed by atoms with E-state index in [-0.39, 0.29) is 12.1 Å². The van der Waals surface area contributed by atoms with Gasteiger partial charge in [-0.1, -0.05) is 6.08 Å². The zero-order valence-corrected chi connectivity index (χ0v) is 13.4. The minimum Gasteiger partial charge on any atom is -0.444 e. The van der Waals surface area contributed by atoms with E-state index in [1.54, 1.807) is 4.90 Å². The topological polar surface area (TPSA) is 37.1 Å². The van der Waals surface area contributed by atoms with Crippen molar-refractivity contribution >= 4 is 6.09 Å². The number of piperazine rings is 1. The number of nitrogens with zero attached hydrogens (tertiary/aromatic N) is 3. The van der Waals surface area contributed by atoms with Gasteiger partial charge in [0.15, 0.2) is 5.70 Å². The second kappa shape index (κ2) is 6.07. The molecule has 2 rings (SSSR count). The molecule has 1 aliphatic carbocycles. The number of amides is 1. The maximum Gasteiger partial charge on any atom is 0.410 e. The lowest BCUT2D eigenvalue weighted by Crippen LogP contribution is -2.56. The first-order chi connectivity index (χ1) is 9.80. The van der Waals surface area contributed by atoms with Crippen LogP contribution in [-0.4, -0.2) is 53.2 Å². The summed E-state index contributed by atoms with van der Waals surface area (Å²) in [5.74, 6) is 0. The molecular formula is C16H25N3O2. The molecule has 1 fully saturated rings. The molecule has 116 valence electrons. The van der Waals surface area contributed by atoms with E-state index in [2.05, 4.69) is 22.7 Å². The summed E-state index contributed by atoms with van der Waals surface area (Å²) in [6, 6.07) is 0.641. The second-order valence-electron chi connectivity index (χ2n) is 6.89. The van der Waals surface area contributed by atoms with Crippen LogP contribution in [0.2, 0.25) is 0 Å². The van der Waals surface area contributed by atoms with Crippen LogP contribution in [0, 0.1) is 6.57 Å². The lowest BCUT2D eigenvalue weighted by atomic mass is 10.1. The van der Waals surface area contributed by atoms with Gasteiger partial charge in [0.2, 0.25) is 0 Å². The molecule has 2 aliphatic rings. The highest BCUT2D eigenvalue weighted by atomic mass is 16.6. The molecule has 2 atom stereocenters. The van der Waals surface area contributed by atoms with Crippen LogP contribution in [0.3, 0.4) is 0 Å². The molecule has 0 aromatic rings. The highest BCUT2D eigenvalue weighted by Gasteiger charge is 2.33. The molecule has 1 saturated heterocycles. The lowest BCUT2D eigenvalue weighted by Gasteiger charge is -2.42. The third-order valence-corrected chi connectivity index (χ3v) is 3.98. The van der Waals surface area contributed by atoms with Crippen molar-refractivity contribution in [2.75, 3.05) is 19.6 Å². The zero-order chi connectivity index (χ0) is 15.6. The van der Waals surface area contributed by atoms with Gasteiger partial charge >= 0.3 is 6.09 Å². The number of hydrogen-bond acceptors (Lipinski definition) is 3. The minimum atomic E-state index is -0.448. The molecular weight excluding hydrogens is 266 g/mol. The number of ether oxygens (including phenoxy) is 1. The van der Waals surface area contributed by atoms with Crippen molar-refractivity contribution in [3.05, 3.63) is 23.2 Å². The Morgan fingerprint density at radius 2 is 2.14 bits per heavy atom. The molecule has 1 amide bonds. The monoisotopic (exact) mass is 291 g/mol. The van der Waals surface area contributed by atoms with Gasteiger partial charge in [0, 0.05) is 31.7 Å². The fraction of sp³-hybridized carbons (Fsp3) is 0.750. The summed E-state index contributed by atoms with van der Waals surface area (Å²) in [6.07, 6.45) is 3.77. The van der Waals surface area contributed by atoms with Crippen LogP contribution in [0.4, 0.5) is 4.79 Å². The average molecular weight is 291 g/mol. The summed E-state index contributed by atoms with van der Waals surface area (Å²) in [7, 11) is 0. The van der Waals surface area contributed by atoms with Crippen molar-refractivity contribution in [3.8, 4) is 0 Å². The minimum absolute atomic E-state index is 0.224. The fourth-order valence-corrected chi connectivity index (χ4v) is 3.00. The Balaban J connectivity index is 1.92. The van der Waals surface area contributed by atoms with Gasteiger partial charge in [-0.25, -0.2) is 9.64 Å². The normalized spacial score (nSPS) is 27.2. The predicted molar refractivity (Wildman–Crippen MR) is 81.7 cm³/mol. The third kappa shape index (κ3) is 3.98. The van der Waals surface area contributed by atoms with E-state index in [0.29, 0.717) is 19.1 Å². The van der Waals surface area contributed by atoms with Crippen molar-refractivity contribution in [2.24, 2.45) is 0 Å². The van der Waals surface area contributed by atoms with Crippen molar-refractivity contribution < 1.29 is 9.53 Å². The Kier molecular flexibility index (Phi) is 4.58. The summed E-state index contributed by atoms with van der Waals surface area (Å²) in [6.45, 7) is 17.1. The van der Waals surface area contributed by atoms with E-state index >= 15 is 0 Å². The molecule has 0 spiro atoms. The summed E-state index contributed by atoms with van der Waals surface area (Å²) < 4.78 is 5.44. The van der Waals surface area contributed by atoms with E-state index < -0.39 is 5.60 Å². The summed E-state index contributed by atoms with van der Waals surface area (Å²) in [5, 5.41) is 0. The van der Waals surface area contributed by atoms with Crippen LogP contribution in [0.1, 0.15) is 40.5 Å². The Bertz CT molecular complexity index is 473. The second-order valence-corrected chi connectivity index (χ2v) is 6.89. The number of hydrogen-bond donors (Lipinski definition) is 0. The summed E-state index contributed by atoms with van der Waals surface area (Å²) in [5.41, 5.74) is 0.428. The van der Waals surface area contributed by atoms with Crippen molar-refractivity contribution in [2.45, 2.75) is 58.2 Å². The molecule has 1 heterocycles. The van der Waals surface area contributed by atoms with Gasteiger partial charge in [0.05, 0.1) is 6.57 Å². The van der Waals surface area contributed by atoms with E-state index in [0.717, 1.165) is 25.1 Å². The third-order valence-electron chi connectivity index (χ3n) is 3.98. The number of allylic oxidation sites excluding steroid dienone is 1. The van der Waals surface area contributed by atoms with E-state index in [9.17, 15) is 4.79 Å². The Hall–Kier alpha value is -1.54. The molecule has 1 aliphatic heterocycles. The summed E-state index contributed by atoms with van der Waals surface area (Å²) >= 11 is 0. The van der Waals surface area contributed by atoms with E-state index in [1.807, 2.05) is 20.8 Å². The van der Waals surface area contributed by atoms with Gasteiger partial charge in [0.1, 0.15) is 5.60 Å². The van der Waals surface area contributed by atoms with E-state index in [4.69, 9.17) is 11.3 Å². The average Bonchev–Trinajstić information content (AvgIpc) is 2.85. The van der Waals surface area contributed by atoms with E-state index in [1.165, 1.54) is 0 Å². The largest absolute Gasteiger partial charge is 0.444 e. The van der Waals surface area contributed by atoms with Crippen LogP contribution < -0.4 is 0 Å². The van der Waals surface area contributed by atoms with Crippen molar-refractivity contribution in [1.29, 1.82) is 0 Å². The molecule has 0 N–H and O–H groups in total. The SMILES string of the molecule is [C-]#[N+]C1=C[C@@H](N2CCN(C(=O)OC(C)(C)C)C[C@H]2C)CC1. The van der Waals surface area contributed by atoms with Gasteiger partial charge < -0.3 is 9.64 Å². The highest BCUT2D eigenvalue weighted by Crippen LogP contribution is 2.27. The predicted octanol–water partition coefficient (Wildman–Crippen LogP) is 2.89. The van der Waals surface area contributed by atoms with Gasteiger partial charge in [-0.3, -0.25) is 4.90 Å². The molecule has 0 aromatic heterocycles. The first-order valence-electron chi connectivity index (χ1n) is 7.62. The molecule has 0 radical (unpaired) electrons. The van der Waals surface area contributed by atoms with Crippen LogP contribution in [0.5, 0.6) is 0 Å². The van der Waals surface area contributed by atoms with Gasteiger partial charge in [-0.05, 0) is 40.5 Å². The highest BCUT2D eigenvalue weighted by molar-refractivity contribution is 5.68. The van der Waals surface area contributed by atoms with Gasteiger partial charge in [-0.15, -0.1) is 0 Å². The maximum atomic E-state index is 12.1. The summed E-state index contributed by atoms with van der Waals surface area (Å²) in [4.78, 5) is 19.9. The molecule has 0 aromatic carbocycles. The molecule has 0 unspecified atom stereocenters. The standard InChI is InChI=1S/C16H25N3O2/c1-12-11-18(15(20)21-16(2,3)4)8-9-19(12)14-7-6-13(10-14)17-5/h10,12,14H,6-9,11H2,1-4H3/t12-,14+/m1/s1. The quantitative estimate of drug-likeness (QED) is 0.697. The lowest BCUT2D eigenvalue weighted by molar-refractivity contribution is 0.00164. The molecule has 5 heteroatoms. The first kappa shape index (κ1) is 15.8. The smallest absolute Gasteiger partial charge is 0.410 e. The first-order valence-corrected chi connectivity index (χ1v) is 7.62. The molecule has 0 bridgehead atoms. The zero-order valence-electron chi connectivity index (χ0n) is 13.4. The molecule has 0 saturated carbocycles. The number of rotatable bonds is 1. The Morgan fingerprint density at radius 1 is 1.43 bits per heavy atom. The van der Waals surface area contributed by atoms with Gasteiger partial charge in [0.25, 0.3) is 0 Å². The molecule has 21 heavy (non-hydrogen) atoms. The Labute approximate surface area is 127 Å². The molecule has 5 nitrogen and oxygen atoms in total. The Morgan fingerprint density at radius 3 is 2.67 bits per heavy atom. The van der Waals surface area contributed by atoms with Crippen molar-refractivity contribution in [1.82, 2.24) is 9.80 Å². The van der Waals surface area contributed by atoms with Gasteiger partial charge in [-0.2, -0.15) is 0 Å².